The fraction of sp³-hybridized carbons (Fsp3) is 0.286. The van der Waals surface area contributed by atoms with Crippen molar-refractivity contribution in [3.63, 3.8) is 0 Å². The molecule has 4 aromatic rings. The van der Waals surface area contributed by atoms with Crippen LogP contribution in [0.25, 0.3) is 22.1 Å². The van der Waals surface area contributed by atoms with Crippen LogP contribution in [-0.4, -0.2) is 38.4 Å². The van der Waals surface area contributed by atoms with Crippen LogP contribution in [0.2, 0.25) is 0 Å². The molecule has 1 saturated heterocycles. The van der Waals surface area contributed by atoms with Crippen molar-refractivity contribution < 1.29 is 9.21 Å². The van der Waals surface area contributed by atoms with Crippen LogP contribution in [0.3, 0.4) is 0 Å². The number of fused-ring (bicyclic) bond motifs is 2. The first-order valence-corrected chi connectivity index (χ1v) is 9.43. The van der Waals surface area contributed by atoms with E-state index in [-0.39, 0.29) is 11.8 Å². The Morgan fingerprint density at radius 2 is 2.11 bits per heavy atom. The number of nitrogens with zero attached hydrogens (tertiary/aromatic N) is 3. The fourth-order valence-electron chi connectivity index (χ4n) is 3.99. The second kappa shape index (κ2) is 6.37. The van der Waals surface area contributed by atoms with Gasteiger partial charge in [0.2, 0.25) is 0 Å². The van der Waals surface area contributed by atoms with E-state index in [9.17, 15) is 9.59 Å². The highest BCUT2D eigenvalue weighted by Crippen LogP contribution is 2.28. The molecule has 1 N–H and O–H groups in total. The Morgan fingerprint density at radius 1 is 1.25 bits per heavy atom. The van der Waals surface area contributed by atoms with E-state index in [4.69, 9.17) is 9.40 Å². The summed E-state index contributed by atoms with van der Waals surface area (Å²) in [6.45, 7) is 1.35. The van der Waals surface area contributed by atoms with E-state index >= 15 is 0 Å². The predicted octanol–water partition coefficient (Wildman–Crippen LogP) is 3.03. The highest BCUT2D eigenvalue weighted by Gasteiger charge is 2.27. The molecule has 1 fully saturated rings. The number of aromatic amines is 1. The lowest BCUT2D eigenvalue weighted by Crippen LogP contribution is -2.39. The number of aromatic nitrogens is 3. The zero-order valence-corrected chi connectivity index (χ0v) is 15.5. The van der Waals surface area contributed by atoms with Gasteiger partial charge in [-0.05, 0) is 43.2 Å². The lowest BCUT2D eigenvalue weighted by atomic mass is 9.96. The number of carbonyl (C=O) groups is 1. The van der Waals surface area contributed by atoms with Crippen LogP contribution in [-0.2, 0) is 7.05 Å². The number of para-hydroxylation sites is 2. The standard InChI is InChI=1S/C21H20N4O3/c1-24-17-11-13(8-9-18(17)28-21(24)27)20(26)25-10-4-5-14(12-25)19-22-15-6-2-3-7-16(15)23-19/h2-3,6-9,11,14H,4-5,10,12H2,1H3,(H,22,23)/t14-/m0/s1. The van der Waals surface area contributed by atoms with Crippen molar-refractivity contribution in [1.82, 2.24) is 19.4 Å². The third-order valence-electron chi connectivity index (χ3n) is 5.54. The number of imidazole rings is 1. The summed E-state index contributed by atoms with van der Waals surface area (Å²) >= 11 is 0. The highest BCUT2D eigenvalue weighted by atomic mass is 16.4. The van der Waals surface area contributed by atoms with Gasteiger partial charge in [0, 0.05) is 31.6 Å². The minimum atomic E-state index is -0.428. The van der Waals surface area contributed by atoms with Crippen molar-refractivity contribution in [3.8, 4) is 0 Å². The predicted molar refractivity (Wildman–Crippen MR) is 105 cm³/mol. The van der Waals surface area contributed by atoms with E-state index in [0.717, 1.165) is 36.2 Å². The van der Waals surface area contributed by atoms with Gasteiger partial charge in [-0.25, -0.2) is 9.78 Å². The molecule has 2 aromatic carbocycles. The molecule has 0 saturated carbocycles. The van der Waals surface area contributed by atoms with Gasteiger partial charge in [-0.15, -0.1) is 0 Å². The Labute approximate surface area is 160 Å². The number of nitrogens with one attached hydrogen (secondary N) is 1. The van der Waals surface area contributed by atoms with Crippen LogP contribution in [0.1, 0.15) is 34.9 Å². The molecule has 1 atom stereocenters. The fourth-order valence-corrected chi connectivity index (χ4v) is 3.99. The summed E-state index contributed by atoms with van der Waals surface area (Å²) < 4.78 is 6.57. The molecule has 0 spiro atoms. The SMILES string of the molecule is Cn1c(=O)oc2ccc(C(=O)N3CCC[C@H](c4nc5ccccc5[nH]4)C3)cc21. The Balaban J connectivity index is 1.42. The zero-order chi connectivity index (χ0) is 19.3. The van der Waals surface area contributed by atoms with Gasteiger partial charge in [-0.2, -0.15) is 0 Å². The summed E-state index contributed by atoms with van der Waals surface area (Å²) in [5.74, 6) is 0.664. The molecule has 142 valence electrons. The minimum absolute atomic E-state index is 0.0311. The number of oxazole rings is 1. The first-order chi connectivity index (χ1) is 13.6. The van der Waals surface area contributed by atoms with Crippen molar-refractivity contribution in [3.05, 3.63) is 64.4 Å². The molecule has 7 nitrogen and oxygen atoms in total. The van der Waals surface area contributed by atoms with Gasteiger partial charge in [0.25, 0.3) is 5.91 Å². The molecule has 2 aromatic heterocycles. The molecule has 28 heavy (non-hydrogen) atoms. The summed E-state index contributed by atoms with van der Waals surface area (Å²) in [6, 6.07) is 13.1. The smallest absolute Gasteiger partial charge is 0.408 e. The number of benzene rings is 2. The molecular weight excluding hydrogens is 356 g/mol. The van der Waals surface area contributed by atoms with E-state index in [1.165, 1.54) is 4.57 Å². The van der Waals surface area contributed by atoms with Crippen LogP contribution in [0.15, 0.2) is 51.7 Å². The van der Waals surface area contributed by atoms with Crippen LogP contribution < -0.4 is 5.76 Å². The van der Waals surface area contributed by atoms with Crippen molar-refractivity contribution in [2.24, 2.45) is 7.05 Å². The second-order valence-corrected chi connectivity index (χ2v) is 7.34. The van der Waals surface area contributed by atoms with E-state index in [1.807, 2.05) is 29.2 Å². The van der Waals surface area contributed by atoms with Gasteiger partial charge in [0.15, 0.2) is 5.58 Å². The summed E-state index contributed by atoms with van der Waals surface area (Å²) in [5.41, 5.74) is 3.65. The number of hydrogen-bond acceptors (Lipinski definition) is 4. The summed E-state index contributed by atoms with van der Waals surface area (Å²) in [5, 5.41) is 0. The Kier molecular flexibility index (Phi) is 3.82. The average molecular weight is 376 g/mol. The van der Waals surface area contributed by atoms with Crippen molar-refractivity contribution in [2.75, 3.05) is 13.1 Å². The number of rotatable bonds is 2. The Hall–Kier alpha value is -3.35. The molecule has 0 unspecified atom stereocenters. The van der Waals surface area contributed by atoms with Crippen LogP contribution in [0.5, 0.6) is 0 Å². The topological polar surface area (TPSA) is 84.1 Å². The molecule has 1 aliphatic rings. The number of aryl methyl sites for hydroxylation is 1. The van der Waals surface area contributed by atoms with Gasteiger partial charge < -0.3 is 14.3 Å². The largest absolute Gasteiger partial charge is 0.419 e. The molecule has 1 aliphatic heterocycles. The number of hydrogen-bond donors (Lipinski definition) is 1. The number of carbonyl (C=O) groups excluding carboxylic acids is 1. The number of H-pyrrole nitrogens is 1. The molecule has 0 radical (unpaired) electrons. The Bertz CT molecular complexity index is 1220. The maximum atomic E-state index is 13.1. The van der Waals surface area contributed by atoms with Crippen LogP contribution in [0, 0.1) is 0 Å². The maximum Gasteiger partial charge on any atom is 0.419 e. The summed E-state index contributed by atoms with van der Waals surface area (Å²) in [4.78, 5) is 34.8. The van der Waals surface area contributed by atoms with Gasteiger partial charge in [-0.3, -0.25) is 9.36 Å². The van der Waals surface area contributed by atoms with Crippen molar-refractivity contribution in [2.45, 2.75) is 18.8 Å². The van der Waals surface area contributed by atoms with Gasteiger partial charge in [-0.1, -0.05) is 12.1 Å². The lowest BCUT2D eigenvalue weighted by molar-refractivity contribution is 0.0705. The quantitative estimate of drug-likeness (QED) is 0.583. The first-order valence-electron chi connectivity index (χ1n) is 9.43. The van der Waals surface area contributed by atoms with E-state index in [1.54, 1.807) is 25.2 Å². The molecule has 0 bridgehead atoms. The normalized spacial score (nSPS) is 17.5. The molecule has 5 rings (SSSR count). The Morgan fingerprint density at radius 3 is 2.96 bits per heavy atom. The summed E-state index contributed by atoms with van der Waals surface area (Å²) in [7, 11) is 1.64. The molecular formula is C21H20N4O3. The second-order valence-electron chi connectivity index (χ2n) is 7.34. The lowest BCUT2D eigenvalue weighted by Gasteiger charge is -2.32. The highest BCUT2D eigenvalue weighted by molar-refractivity contribution is 5.97. The number of piperidine rings is 1. The molecule has 0 aliphatic carbocycles. The monoisotopic (exact) mass is 376 g/mol. The zero-order valence-electron chi connectivity index (χ0n) is 15.5. The molecule has 7 heteroatoms. The van der Waals surface area contributed by atoms with Crippen molar-refractivity contribution >= 4 is 28.0 Å². The van der Waals surface area contributed by atoms with Crippen molar-refractivity contribution in [1.29, 1.82) is 0 Å². The van der Waals surface area contributed by atoms with Crippen LogP contribution in [0.4, 0.5) is 0 Å². The summed E-state index contributed by atoms with van der Waals surface area (Å²) in [6.07, 6.45) is 1.93. The van der Waals surface area contributed by atoms with Gasteiger partial charge >= 0.3 is 5.76 Å². The number of likely N-dealkylation sites (tertiary alicyclic amines) is 1. The molecule has 3 heterocycles. The number of amides is 1. The van der Waals surface area contributed by atoms with E-state index in [2.05, 4.69) is 4.98 Å². The molecule has 1 amide bonds. The first kappa shape index (κ1) is 16.8. The van der Waals surface area contributed by atoms with E-state index < -0.39 is 5.76 Å². The average Bonchev–Trinajstić information content (AvgIpc) is 3.28. The minimum Gasteiger partial charge on any atom is -0.408 e. The third-order valence-corrected chi connectivity index (χ3v) is 5.54. The van der Waals surface area contributed by atoms with Crippen LogP contribution >= 0.6 is 0 Å². The third kappa shape index (κ3) is 2.70. The van der Waals surface area contributed by atoms with Gasteiger partial charge in [0.05, 0.1) is 16.6 Å². The van der Waals surface area contributed by atoms with Gasteiger partial charge in [0.1, 0.15) is 5.82 Å². The van der Waals surface area contributed by atoms with E-state index in [0.29, 0.717) is 23.2 Å². The maximum absolute atomic E-state index is 13.1.